The lowest BCUT2D eigenvalue weighted by molar-refractivity contribution is -0.213. The van der Waals surface area contributed by atoms with Crippen molar-refractivity contribution in [2.75, 3.05) is 0 Å². The summed E-state index contributed by atoms with van der Waals surface area (Å²) in [5.74, 6) is -0.841. The van der Waals surface area contributed by atoms with E-state index in [2.05, 4.69) is 0 Å². The SMILES string of the molecule is CC(C)C(/C(O)=C/C(=O)CC(C)(C)C(F)(F)F)C(C)C. The van der Waals surface area contributed by atoms with Gasteiger partial charge in [0.15, 0.2) is 5.78 Å². The summed E-state index contributed by atoms with van der Waals surface area (Å²) in [7, 11) is 0. The van der Waals surface area contributed by atoms with E-state index in [1.54, 1.807) is 0 Å². The minimum Gasteiger partial charge on any atom is -0.512 e. The molecule has 2 nitrogen and oxygen atoms in total. The minimum absolute atomic E-state index is 0.106. The second-order valence-electron chi connectivity index (χ2n) is 6.61. The van der Waals surface area contributed by atoms with E-state index in [1.807, 2.05) is 27.7 Å². The Balaban J connectivity index is 5.02. The molecule has 0 spiro atoms. The monoisotopic (exact) mass is 294 g/mol. The number of carbonyl (C=O) groups excluding carboxylic acids is 1. The summed E-state index contributed by atoms with van der Waals surface area (Å²) < 4.78 is 38.1. The zero-order valence-corrected chi connectivity index (χ0v) is 13.0. The Hall–Kier alpha value is -1.00. The first-order chi connectivity index (χ1) is 8.79. The van der Waals surface area contributed by atoms with Gasteiger partial charge < -0.3 is 5.11 Å². The fourth-order valence-electron chi connectivity index (χ4n) is 2.30. The third-order valence-corrected chi connectivity index (χ3v) is 3.47. The maximum Gasteiger partial charge on any atom is 0.394 e. The Morgan fingerprint density at radius 3 is 1.80 bits per heavy atom. The molecule has 0 saturated heterocycles. The molecule has 0 saturated carbocycles. The predicted octanol–water partition coefficient (Wildman–Crippen LogP) is 4.90. The normalized spacial score (nSPS) is 14.5. The fraction of sp³-hybridized carbons (Fsp3) is 0.800. The number of hydrogen-bond acceptors (Lipinski definition) is 2. The molecule has 5 heteroatoms. The molecule has 1 N–H and O–H groups in total. The van der Waals surface area contributed by atoms with Gasteiger partial charge in [0, 0.05) is 18.4 Å². The zero-order chi connectivity index (χ0) is 16.3. The molecule has 118 valence electrons. The molecule has 0 aromatic carbocycles. The first-order valence-corrected chi connectivity index (χ1v) is 6.79. The maximum absolute atomic E-state index is 12.7. The number of carbonyl (C=O) groups is 1. The van der Waals surface area contributed by atoms with Crippen molar-refractivity contribution >= 4 is 5.78 Å². The highest BCUT2D eigenvalue weighted by atomic mass is 19.4. The highest BCUT2D eigenvalue weighted by Gasteiger charge is 2.48. The summed E-state index contributed by atoms with van der Waals surface area (Å²) in [5, 5.41) is 9.98. The largest absolute Gasteiger partial charge is 0.512 e. The van der Waals surface area contributed by atoms with E-state index in [9.17, 15) is 23.1 Å². The van der Waals surface area contributed by atoms with Crippen molar-refractivity contribution in [3.63, 3.8) is 0 Å². The van der Waals surface area contributed by atoms with Crippen molar-refractivity contribution in [1.82, 2.24) is 0 Å². The molecule has 0 bridgehead atoms. The van der Waals surface area contributed by atoms with Gasteiger partial charge in [-0.2, -0.15) is 13.2 Å². The van der Waals surface area contributed by atoms with Crippen LogP contribution in [0.25, 0.3) is 0 Å². The van der Waals surface area contributed by atoms with E-state index in [0.717, 1.165) is 19.9 Å². The number of rotatable bonds is 6. The van der Waals surface area contributed by atoms with Crippen LogP contribution in [0.5, 0.6) is 0 Å². The molecule has 0 amide bonds. The molecule has 0 aliphatic rings. The van der Waals surface area contributed by atoms with Gasteiger partial charge in [0.25, 0.3) is 0 Å². The number of halogens is 3. The second-order valence-corrected chi connectivity index (χ2v) is 6.61. The number of allylic oxidation sites excluding steroid dienone is 2. The summed E-state index contributed by atoms with van der Waals surface area (Å²) in [6.45, 7) is 9.58. The van der Waals surface area contributed by atoms with E-state index in [4.69, 9.17) is 0 Å². The van der Waals surface area contributed by atoms with Crippen molar-refractivity contribution in [2.45, 2.75) is 54.1 Å². The quantitative estimate of drug-likeness (QED) is 0.558. The number of aliphatic hydroxyl groups excluding tert-OH is 1. The lowest BCUT2D eigenvalue weighted by atomic mass is 9.82. The molecule has 0 fully saturated rings. The number of aliphatic hydroxyl groups is 1. The molecule has 0 aliphatic carbocycles. The van der Waals surface area contributed by atoms with Gasteiger partial charge in [-0.05, 0) is 11.8 Å². The first-order valence-electron chi connectivity index (χ1n) is 6.79. The van der Waals surface area contributed by atoms with Gasteiger partial charge in [-0.3, -0.25) is 4.79 Å². The standard InChI is InChI=1S/C15H25F3O2/c1-9(2)13(10(3)4)12(20)7-11(19)8-14(5,6)15(16,17)18/h7,9-10,13,20H,8H2,1-6H3/b12-7-. The Morgan fingerprint density at radius 1 is 1.10 bits per heavy atom. The topological polar surface area (TPSA) is 37.3 Å². The molecular weight excluding hydrogens is 269 g/mol. The number of alkyl halides is 3. The average molecular weight is 294 g/mol. The van der Waals surface area contributed by atoms with Gasteiger partial charge in [0.1, 0.15) is 0 Å². The molecule has 0 aromatic rings. The minimum atomic E-state index is -4.44. The summed E-state index contributed by atoms with van der Waals surface area (Å²) in [4.78, 5) is 11.7. The maximum atomic E-state index is 12.7. The van der Waals surface area contributed by atoms with Gasteiger partial charge in [0.2, 0.25) is 0 Å². The van der Waals surface area contributed by atoms with Crippen LogP contribution in [0, 0.1) is 23.2 Å². The van der Waals surface area contributed by atoms with Crippen molar-refractivity contribution in [3.8, 4) is 0 Å². The molecule has 0 unspecified atom stereocenters. The number of ketones is 1. The highest BCUT2D eigenvalue weighted by molar-refractivity contribution is 5.90. The third-order valence-electron chi connectivity index (χ3n) is 3.47. The molecule has 0 aromatic heterocycles. The zero-order valence-electron chi connectivity index (χ0n) is 13.0. The van der Waals surface area contributed by atoms with Crippen LogP contribution in [-0.2, 0) is 4.79 Å². The average Bonchev–Trinajstić information content (AvgIpc) is 2.11. The van der Waals surface area contributed by atoms with Crippen LogP contribution in [0.2, 0.25) is 0 Å². The Labute approximate surface area is 119 Å². The van der Waals surface area contributed by atoms with E-state index < -0.39 is 23.8 Å². The van der Waals surface area contributed by atoms with E-state index in [1.165, 1.54) is 0 Å². The molecule has 0 aliphatic heterocycles. The van der Waals surface area contributed by atoms with Crippen LogP contribution in [0.4, 0.5) is 13.2 Å². The highest BCUT2D eigenvalue weighted by Crippen LogP contribution is 2.40. The lowest BCUT2D eigenvalue weighted by Crippen LogP contribution is -2.34. The lowest BCUT2D eigenvalue weighted by Gasteiger charge is -2.27. The van der Waals surface area contributed by atoms with E-state index in [0.29, 0.717) is 0 Å². The Kier molecular flexibility index (Phi) is 6.30. The van der Waals surface area contributed by atoms with Gasteiger partial charge in [-0.1, -0.05) is 41.5 Å². The van der Waals surface area contributed by atoms with Gasteiger partial charge in [-0.25, -0.2) is 0 Å². The summed E-state index contributed by atoms with van der Waals surface area (Å²) in [6.07, 6.45) is -4.15. The van der Waals surface area contributed by atoms with Gasteiger partial charge in [-0.15, -0.1) is 0 Å². The van der Waals surface area contributed by atoms with Crippen molar-refractivity contribution < 1.29 is 23.1 Å². The van der Waals surface area contributed by atoms with Crippen LogP contribution in [0.15, 0.2) is 11.8 Å². The van der Waals surface area contributed by atoms with E-state index in [-0.39, 0.29) is 23.5 Å². The van der Waals surface area contributed by atoms with Crippen molar-refractivity contribution in [1.29, 1.82) is 0 Å². The van der Waals surface area contributed by atoms with Crippen LogP contribution in [0.1, 0.15) is 48.0 Å². The van der Waals surface area contributed by atoms with Crippen LogP contribution in [-0.4, -0.2) is 17.1 Å². The molecule has 0 radical (unpaired) electrons. The Morgan fingerprint density at radius 2 is 1.50 bits per heavy atom. The summed E-state index contributed by atoms with van der Waals surface area (Å²) in [6, 6.07) is 0. The molecular formula is C15H25F3O2. The smallest absolute Gasteiger partial charge is 0.394 e. The van der Waals surface area contributed by atoms with E-state index >= 15 is 0 Å². The van der Waals surface area contributed by atoms with Crippen LogP contribution in [0.3, 0.4) is 0 Å². The van der Waals surface area contributed by atoms with Crippen molar-refractivity contribution in [2.24, 2.45) is 23.2 Å². The predicted molar refractivity (Wildman–Crippen MR) is 73.3 cm³/mol. The second kappa shape index (κ2) is 6.64. The van der Waals surface area contributed by atoms with Gasteiger partial charge in [0.05, 0.1) is 11.2 Å². The summed E-state index contributed by atoms with van der Waals surface area (Å²) in [5.41, 5.74) is -2.09. The van der Waals surface area contributed by atoms with Crippen LogP contribution >= 0.6 is 0 Å². The molecule has 0 heterocycles. The first kappa shape index (κ1) is 19.0. The van der Waals surface area contributed by atoms with Crippen molar-refractivity contribution in [3.05, 3.63) is 11.8 Å². The third kappa shape index (κ3) is 5.17. The molecule has 20 heavy (non-hydrogen) atoms. The molecule has 0 atom stereocenters. The molecule has 0 rings (SSSR count). The fourth-order valence-corrected chi connectivity index (χ4v) is 2.30. The summed E-state index contributed by atoms with van der Waals surface area (Å²) >= 11 is 0. The number of hydrogen-bond donors (Lipinski definition) is 1. The van der Waals surface area contributed by atoms with Gasteiger partial charge >= 0.3 is 6.18 Å². The van der Waals surface area contributed by atoms with Crippen LogP contribution < -0.4 is 0 Å². The Bertz CT molecular complexity index is 358.